The highest BCUT2D eigenvalue weighted by Gasteiger charge is 2.43. The predicted molar refractivity (Wildman–Crippen MR) is 70.7 cm³/mol. The Kier molecular flexibility index (Phi) is 3.24. The summed E-state index contributed by atoms with van der Waals surface area (Å²) in [5.74, 6) is 1.10. The lowest BCUT2D eigenvalue weighted by Gasteiger charge is -2.31. The molecule has 0 aromatic heterocycles. The Morgan fingerprint density at radius 2 is 2.00 bits per heavy atom. The smallest absolute Gasteiger partial charge is 0.0853 e. The molecule has 0 saturated carbocycles. The van der Waals surface area contributed by atoms with Crippen LogP contribution in [-0.2, 0) is 11.8 Å². The maximum absolute atomic E-state index is 9.70. The molecule has 1 aliphatic rings. The molecular weight excluding hydrogens is 206 g/mol. The number of benzene rings is 1. The fourth-order valence-corrected chi connectivity index (χ4v) is 3.29. The lowest BCUT2D eigenvalue weighted by atomic mass is 9.70. The van der Waals surface area contributed by atoms with Crippen molar-refractivity contribution in [3.8, 4) is 6.07 Å². The first-order valence-corrected chi connectivity index (χ1v) is 6.60. The van der Waals surface area contributed by atoms with Crippen molar-refractivity contribution in [3.05, 3.63) is 35.4 Å². The number of hydrogen-bond donors (Lipinski definition) is 0. The van der Waals surface area contributed by atoms with Crippen LogP contribution in [0.15, 0.2) is 24.3 Å². The zero-order chi connectivity index (χ0) is 12.5. The predicted octanol–water partition coefficient (Wildman–Crippen LogP) is 4.08. The van der Waals surface area contributed by atoms with E-state index in [1.54, 1.807) is 0 Å². The molecule has 0 bridgehead atoms. The molecule has 2 rings (SSSR count). The van der Waals surface area contributed by atoms with Crippen LogP contribution in [0.2, 0.25) is 0 Å². The van der Waals surface area contributed by atoms with Crippen LogP contribution in [0.3, 0.4) is 0 Å². The van der Waals surface area contributed by atoms with E-state index in [9.17, 15) is 5.26 Å². The quantitative estimate of drug-likeness (QED) is 0.763. The Morgan fingerprint density at radius 3 is 2.65 bits per heavy atom. The average molecular weight is 227 g/mol. The van der Waals surface area contributed by atoms with E-state index < -0.39 is 0 Å². The van der Waals surface area contributed by atoms with Crippen LogP contribution in [0.4, 0.5) is 0 Å². The average Bonchev–Trinajstić information content (AvgIpc) is 2.68. The molecule has 17 heavy (non-hydrogen) atoms. The zero-order valence-electron chi connectivity index (χ0n) is 11.0. The molecule has 0 heterocycles. The second-order valence-electron chi connectivity index (χ2n) is 5.77. The number of nitriles is 1. The van der Waals surface area contributed by atoms with E-state index in [2.05, 4.69) is 51.1 Å². The highest BCUT2D eigenvalue weighted by Crippen LogP contribution is 2.45. The van der Waals surface area contributed by atoms with Crippen molar-refractivity contribution < 1.29 is 0 Å². The van der Waals surface area contributed by atoms with E-state index >= 15 is 0 Å². The first kappa shape index (κ1) is 12.2. The van der Waals surface area contributed by atoms with Crippen molar-refractivity contribution in [1.29, 1.82) is 5.26 Å². The number of nitrogens with zero attached hydrogens (tertiary/aromatic N) is 1. The molecule has 0 aliphatic heterocycles. The lowest BCUT2D eigenvalue weighted by molar-refractivity contribution is 0.307. The van der Waals surface area contributed by atoms with Crippen molar-refractivity contribution in [1.82, 2.24) is 0 Å². The zero-order valence-corrected chi connectivity index (χ0v) is 11.0. The van der Waals surface area contributed by atoms with Crippen LogP contribution in [-0.4, -0.2) is 0 Å². The number of fused-ring (bicyclic) bond motifs is 1. The SMILES string of the molecule is CC(C)CC(C)C1(C#N)CCc2ccccc21. The van der Waals surface area contributed by atoms with Gasteiger partial charge in [-0.15, -0.1) is 0 Å². The van der Waals surface area contributed by atoms with Crippen LogP contribution in [0.1, 0.15) is 44.7 Å². The molecule has 2 unspecified atom stereocenters. The molecule has 1 aromatic rings. The summed E-state index contributed by atoms with van der Waals surface area (Å²) in [5, 5.41) is 9.70. The third-order valence-corrected chi connectivity index (χ3v) is 4.15. The summed E-state index contributed by atoms with van der Waals surface area (Å²) in [4.78, 5) is 0. The summed E-state index contributed by atoms with van der Waals surface area (Å²) in [7, 11) is 0. The van der Waals surface area contributed by atoms with Crippen LogP contribution in [0.5, 0.6) is 0 Å². The fraction of sp³-hybridized carbons (Fsp3) is 0.562. The minimum Gasteiger partial charge on any atom is -0.197 e. The molecule has 0 fully saturated rings. The van der Waals surface area contributed by atoms with E-state index in [0.29, 0.717) is 11.8 Å². The third kappa shape index (κ3) is 1.97. The van der Waals surface area contributed by atoms with Gasteiger partial charge in [0.15, 0.2) is 0 Å². The van der Waals surface area contributed by atoms with Crippen LogP contribution in [0, 0.1) is 23.2 Å². The van der Waals surface area contributed by atoms with Gasteiger partial charge in [0, 0.05) is 0 Å². The topological polar surface area (TPSA) is 23.8 Å². The van der Waals surface area contributed by atoms with Gasteiger partial charge in [-0.05, 0) is 42.2 Å². The van der Waals surface area contributed by atoms with Gasteiger partial charge in [-0.25, -0.2) is 0 Å². The van der Waals surface area contributed by atoms with E-state index in [1.807, 2.05) is 0 Å². The second kappa shape index (κ2) is 4.53. The molecule has 0 saturated heterocycles. The van der Waals surface area contributed by atoms with Crippen molar-refractivity contribution in [2.45, 2.75) is 45.4 Å². The van der Waals surface area contributed by atoms with Crippen molar-refractivity contribution in [2.24, 2.45) is 11.8 Å². The fourth-order valence-electron chi connectivity index (χ4n) is 3.29. The van der Waals surface area contributed by atoms with Gasteiger partial charge < -0.3 is 0 Å². The van der Waals surface area contributed by atoms with Crippen molar-refractivity contribution in [3.63, 3.8) is 0 Å². The number of hydrogen-bond acceptors (Lipinski definition) is 1. The van der Waals surface area contributed by atoms with Gasteiger partial charge in [0.25, 0.3) is 0 Å². The number of rotatable bonds is 3. The summed E-state index contributed by atoms with van der Waals surface area (Å²) in [6.45, 7) is 6.72. The molecule has 1 nitrogen and oxygen atoms in total. The molecule has 90 valence electrons. The molecular formula is C16H21N. The first-order chi connectivity index (χ1) is 8.10. The maximum Gasteiger partial charge on any atom is 0.0853 e. The summed E-state index contributed by atoms with van der Waals surface area (Å²) in [6.07, 6.45) is 3.19. The Labute approximate surface area is 104 Å². The van der Waals surface area contributed by atoms with E-state index in [-0.39, 0.29) is 5.41 Å². The monoisotopic (exact) mass is 227 g/mol. The van der Waals surface area contributed by atoms with Crippen molar-refractivity contribution in [2.75, 3.05) is 0 Å². The molecule has 0 N–H and O–H groups in total. The largest absolute Gasteiger partial charge is 0.197 e. The van der Waals surface area contributed by atoms with E-state index in [1.165, 1.54) is 11.1 Å². The van der Waals surface area contributed by atoms with E-state index in [4.69, 9.17) is 0 Å². The summed E-state index contributed by atoms with van der Waals surface area (Å²) >= 11 is 0. The molecule has 0 amide bonds. The van der Waals surface area contributed by atoms with Gasteiger partial charge in [-0.3, -0.25) is 0 Å². The molecule has 0 radical (unpaired) electrons. The minimum atomic E-state index is -0.235. The Morgan fingerprint density at radius 1 is 1.29 bits per heavy atom. The normalized spacial score (nSPS) is 24.4. The minimum absolute atomic E-state index is 0.235. The second-order valence-corrected chi connectivity index (χ2v) is 5.77. The standard InChI is InChI=1S/C16H21N/c1-12(2)10-13(3)16(11-17)9-8-14-6-4-5-7-15(14)16/h4-7,12-13H,8-10H2,1-3H3. The van der Waals surface area contributed by atoms with Crippen molar-refractivity contribution >= 4 is 0 Å². The Balaban J connectivity index is 2.38. The van der Waals surface area contributed by atoms with Gasteiger partial charge in [0.1, 0.15) is 0 Å². The molecule has 2 atom stereocenters. The van der Waals surface area contributed by atoms with Gasteiger partial charge in [-0.2, -0.15) is 5.26 Å². The Bertz CT molecular complexity index is 441. The highest BCUT2D eigenvalue weighted by atomic mass is 14.5. The lowest BCUT2D eigenvalue weighted by Crippen LogP contribution is -2.30. The third-order valence-electron chi connectivity index (χ3n) is 4.15. The molecule has 1 aliphatic carbocycles. The van der Waals surface area contributed by atoms with Gasteiger partial charge in [0.2, 0.25) is 0 Å². The number of aryl methyl sites for hydroxylation is 1. The molecule has 0 spiro atoms. The van der Waals surface area contributed by atoms with Crippen LogP contribution < -0.4 is 0 Å². The summed E-state index contributed by atoms with van der Waals surface area (Å²) in [6, 6.07) is 11.1. The maximum atomic E-state index is 9.70. The summed E-state index contributed by atoms with van der Waals surface area (Å²) < 4.78 is 0. The highest BCUT2D eigenvalue weighted by molar-refractivity contribution is 5.44. The summed E-state index contributed by atoms with van der Waals surface area (Å²) in [5.41, 5.74) is 2.43. The van der Waals surface area contributed by atoms with E-state index in [0.717, 1.165) is 19.3 Å². The van der Waals surface area contributed by atoms with Crippen LogP contribution >= 0.6 is 0 Å². The Hall–Kier alpha value is -1.29. The van der Waals surface area contributed by atoms with Gasteiger partial charge >= 0.3 is 0 Å². The van der Waals surface area contributed by atoms with Gasteiger partial charge in [0.05, 0.1) is 11.5 Å². The first-order valence-electron chi connectivity index (χ1n) is 6.60. The molecule has 1 heteroatoms. The van der Waals surface area contributed by atoms with Gasteiger partial charge in [-0.1, -0.05) is 45.0 Å². The van der Waals surface area contributed by atoms with Crippen LogP contribution in [0.25, 0.3) is 0 Å². The molecule has 1 aromatic carbocycles.